The summed E-state index contributed by atoms with van der Waals surface area (Å²) in [7, 11) is 0. The lowest BCUT2D eigenvalue weighted by molar-refractivity contribution is -0.137. The van der Waals surface area contributed by atoms with Gasteiger partial charge in [-0.2, -0.15) is 0 Å². The minimum absolute atomic E-state index is 0.0604. The number of carboxylic acid groups (broad SMARTS) is 1. The molecule has 0 saturated carbocycles. The van der Waals surface area contributed by atoms with Crippen molar-refractivity contribution in [2.45, 2.75) is 13.5 Å². The molecule has 7 nitrogen and oxygen atoms in total. The molecule has 1 aromatic carbocycles. The molecule has 20 heavy (non-hydrogen) atoms. The van der Waals surface area contributed by atoms with E-state index in [4.69, 9.17) is 5.11 Å². The van der Waals surface area contributed by atoms with Crippen LogP contribution in [0.1, 0.15) is 16.1 Å². The number of aromatic nitrogens is 3. The molecule has 0 bridgehead atoms. The summed E-state index contributed by atoms with van der Waals surface area (Å²) in [6.07, 6.45) is 1.18. The van der Waals surface area contributed by atoms with Gasteiger partial charge in [0.05, 0.1) is 11.9 Å². The van der Waals surface area contributed by atoms with Crippen molar-refractivity contribution in [3.8, 4) is 0 Å². The number of amides is 1. The Morgan fingerprint density at radius 3 is 2.85 bits per heavy atom. The number of rotatable bonds is 4. The number of para-hydroxylation sites is 1. The van der Waals surface area contributed by atoms with Crippen LogP contribution in [0, 0.1) is 12.7 Å². The highest BCUT2D eigenvalue weighted by Crippen LogP contribution is 2.19. The van der Waals surface area contributed by atoms with Gasteiger partial charge in [-0.3, -0.25) is 9.59 Å². The third kappa shape index (κ3) is 2.97. The first-order valence-corrected chi connectivity index (χ1v) is 5.66. The number of benzene rings is 1. The number of carboxylic acids is 1. The number of aryl methyl sites for hydroxylation is 1. The van der Waals surface area contributed by atoms with Crippen molar-refractivity contribution < 1.29 is 19.1 Å². The average molecular weight is 278 g/mol. The monoisotopic (exact) mass is 278 g/mol. The maximum atomic E-state index is 13.6. The number of halogens is 1. The number of hydrogen-bond acceptors (Lipinski definition) is 4. The summed E-state index contributed by atoms with van der Waals surface area (Å²) in [5, 5.41) is 18.0. The maximum Gasteiger partial charge on any atom is 0.325 e. The molecule has 0 aliphatic heterocycles. The van der Waals surface area contributed by atoms with Gasteiger partial charge in [0.15, 0.2) is 5.69 Å². The Labute approximate surface area is 113 Å². The van der Waals surface area contributed by atoms with Crippen LogP contribution in [0.5, 0.6) is 0 Å². The van der Waals surface area contributed by atoms with Gasteiger partial charge in [0, 0.05) is 0 Å². The predicted octanol–water partition coefficient (Wildman–Crippen LogP) is 1.06. The fourth-order valence-electron chi connectivity index (χ4n) is 1.59. The molecule has 0 fully saturated rings. The first-order chi connectivity index (χ1) is 9.47. The first kappa shape index (κ1) is 13.7. The van der Waals surface area contributed by atoms with Gasteiger partial charge >= 0.3 is 5.97 Å². The second-order valence-electron chi connectivity index (χ2n) is 4.08. The number of aliphatic carboxylic acids is 1. The van der Waals surface area contributed by atoms with Gasteiger partial charge in [-0.15, -0.1) is 5.10 Å². The van der Waals surface area contributed by atoms with Crippen molar-refractivity contribution >= 4 is 17.6 Å². The molecule has 1 amide bonds. The molecule has 8 heteroatoms. The Bertz CT molecular complexity index is 648. The average Bonchev–Trinajstić information content (AvgIpc) is 2.81. The molecule has 0 saturated heterocycles. The summed E-state index contributed by atoms with van der Waals surface area (Å²) < 4.78 is 14.6. The molecular formula is C12H11FN4O3. The van der Waals surface area contributed by atoms with E-state index >= 15 is 0 Å². The zero-order valence-electron chi connectivity index (χ0n) is 10.5. The smallest absolute Gasteiger partial charge is 0.325 e. The molecule has 0 atom stereocenters. The summed E-state index contributed by atoms with van der Waals surface area (Å²) in [5.74, 6) is -2.32. The van der Waals surface area contributed by atoms with Crippen LogP contribution in [0.4, 0.5) is 10.1 Å². The molecule has 0 aliphatic rings. The Morgan fingerprint density at radius 1 is 1.45 bits per heavy atom. The van der Waals surface area contributed by atoms with Gasteiger partial charge in [0.1, 0.15) is 12.4 Å². The van der Waals surface area contributed by atoms with E-state index in [0.717, 1.165) is 4.68 Å². The van der Waals surface area contributed by atoms with Gasteiger partial charge < -0.3 is 10.4 Å². The Kier molecular flexibility index (Phi) is 3.74. The van der Waals surface area contributed by atoms with Crippen LogP contribution in [-0.4, -0.2) is 32.0 Å². The molecule has 1 heterocycles. The van der Waals surface area contributed by atoms with Crippen LogP contribution in [0.15, 0.2) is 24.4 Å². The Hall–Kier alpha value is -2.77. The van der Waals surface area contributed by atoms with E-state index in [1.165, 1.54) is 18.3 Å². The highest BCUT2D eigenvalue weighted by Gasteiger charge is 2.15. The topological polar surface area (TPSA) is 97.1 Å². The molecule has 1 aromatic heterocycles. The van der Waals surface area contributed by atoms with Gasteiger partial charge in [-0.25, -0.2) is 9.07 Å². The largest absolute Gasteiger partial charge is 0.480 e. The highest BCUT2D eigenvalue weighted by molar-refractivity contribution is 6.03. The minimum atomic E-state index is -1.10. The lowest BCUT2D eigenvalue weighted by Gasteiger charge is -2.07. The summed E-state index contributed by atoms with van der Waals surface area (Å²) in [5.41, 5.74) is 0.537. The lowest BCUT2D eigenvalue weighted by atomic mass is 10.2. The third-order valence-electron chi connectivity index (χ3n) is 2.53. The fourth-order valence-corrected chi connectivity index (χ4v) is 1.59. The molecule has 0 unspecified atom stereocenters. The molecule has 0 aliphatic carbocycles. The number of nitrogens with zero attached hydrogens (tertiary/aromatic N) is 3. The molecular weight excluding hydrogens is 267 g/mol. The van der Waals surface area contributed by atoms with Crippen molar-refractivity contribution in [2.75, 3.05) is 5.32 Å². The van der Waals surface area contributed by atoms with Gasteiger partial charge in [-0.05, 0) is 18.6 Å². The summed E-state index contributed by atoms with van der Waals surface area (Å²) in [6, 6.07) is 4.41. The standard InChI is InChI=1S/C12H11FN4O3/c1-7-3-2-4-8(13)11(7)14-12(20)9-5-17(16-15-9)6-10(18)19/h2-5H,6H2,1H3,(H,14,20)(H,18,19). The van der Waals surface area contributed by atoms with E-state index in [1.807, 2.05) is 0 Å². The van der Waals surface area contributed by atoms with E-state index in [1.54, 1.807) is 13.0 Å². The highest BCUT2D eigenvalue weighted by atomic mass is 19.1. The Balaban J connectivity index is 2.16. The fraction of sp³-hybridized carbons (Fsp3) is 0.167. The normalized spacial score (nSPS) is 10.3. The second kappa shape index (κ2) is 5.47. The van der Waals surface area contributed by atoms with Crippen molar-refractivity contribution in [2.24, 2.45) is 0 Å². The lowest BCUT2D eigenvalue weighted by Crippen LogP contribution is -2.14. The second-order valence-corrected chi connectivity index (χ2v) is 4.08. The van der Waals surface area contributed by atoms with E-state index in [0.29, 0.717) is 5.56 Å². The van der Waals surface area contributed by atoms with Crippen molar-refractivity contribution in [3.05, 3.63) is 41.5 Å². The van der Waals surface area contributed by atoms with Crippen LogP contribution in [-0.2, 0) is 11.3 Å². The van der Waals surface area contributed by atoms with Crippen LogP contribution < -0.4 is 5.32 Å². The molecule has 0 radical (unpaired) electrons. The summed E-state index contributed by atoms with van der Waals surface area (Å²) >= 11 is 0. The molecule has 2 aromatic rings. The zero-order valence-corrected chi connectivity index (χ0v) is 10.5. The number of carbonyl (C=O) groups excluding carboxylic acids is 1. The number of carbonyl (C=O) groups is 2. The quantitative estimate of drug-likeness (QED) is 0.871. The Morgan fingerprint density at radius 2 is 2.20 bits per heavy atom. The molecule has 104 valence electrons. The molecule has 2 N–H and O–H groups in total. The number of nitrogens with one attached hydrogen (secondary N) is 1. The van der Waals surface area contributed by atoms with Crippen molar-refractivity contribution in [3.63, 3.8) is 0 Å². The summed E-state index contributed by atoms with van der Waals surface area (Å²) in [4.78, 5) is 22.4. The van der Waals surface area contributed by atoms with E-state index < -0.39 is 24.2 Å². The van der Waals surface area contributed by atoms with E-state index in [9.17, 15) is 14.0 Å². The van der Waals surface area contributed by atoms with E-state index in [2.05, 4.69) is 15.6 Å². The van der Waals surface area contributed by atoms with Crippen LogP contribution in [0.2, 0.25) is 0 Å². The van der Waals surface area contributed by atoms with Gasteiger partial charge in [-0.1, -0.05) is 17.3 Å². The van der Waals surface area contributed by atoms with Gasteiger partial charge in [0.25, 0.3) is 5.91 Å². The van der Waals surface area contributed by atoms with Gasteiger partial charge in [0.2, 0.25) is 0 Å². The SMILES string of the molecule is Cc1cccc(F)c1NC(=O)c1cn(CC(=O)O)nn1. The van der Waals surface area contributed by atoms with E-state index in [-0.39, 0.29) is 11.4 Å². The molecule has 2 rings (SSSR count). The van der Waals surface area contributed by atoms with Crippen LogP contribution in [0.3, 0.4) is 0 Å². The van der Waals surface area contributed by atoms with Crippen LogP contribution >= 0.6 is 0 Å². The summed E-state index contributed by atoms with van der Waals surface area (Å²) in [6.45, 7) is 1.25. The zero-order chi connectivity index (χ0) is 14.7. The minimum Gasteiger partial charge on any atom is -0.480 e. The number of anilines is 1. The predicted molar refractivity (Wildman–Crippen MR) is 66.7 cm³/mol. The number of hydrogen-bond donors (Lipinski definition) is 2. The van der Waals surface area contributed by atoms with Crippen molar-refractivity contribution in [1.82, 2.24) is 15.0 Å². The van der Waals surface area contributed by atoms with Crippen molar-refractivity contribution in [1.29, 1.82) is 0 Å². The maximum absolute atomic E-state index is 13.6. The third-order valence-corrected chi connectivity index (χ3v) is 2.53. The molecule has 0 spiro atoms. The first-order valence-electron chi connectivity index (χ1n) is 5.66. The van der Waals surface area contributed by atoms with Crippen LogP contribution in [0.25, 0.3) is 0 Å².